The third-order valence-electron chi connectivity index (χ3n) is 7.43. The number of anilines is 1. The number of halogens is 4. The Bertz CT molecular complexity index is 1540. The smallest absolute Gasteiger partial charge is 0.244 e. The molecule has 12 heteroatoms. The van der Waals surface area contributed by atoms with Gasteiger partial charge in [0.1, 0.15) is 18.4 Å². The van der Waals surface area contributed by atoms with Crippen LogP contribution in [0.25, 0.3) is 0 Å². The molecule has 7 nitrogen and oxygen atoms in total. The van der Waals surface area contributed by atoms with E-state index in [2.05, 4.69) is 5.32 Å². The number of carbonyl (C=O) groups is 2. The zero-order valence-electron chi connectivity index (χ0n) is 23.6. The van der Waals surface area contributed by atoms with Gasteiger partial charge in [-0.25, -0.2) is 12.8 Å². The van der Waals surface area contributed by atoms with Gasteiger partial charge in [-0.1, -0.05) is 96.5 Å². The molecule has 4 rings (SSSR count). The molecule has 1 atom stereocenters. The lowest BCUT2D eigenvalue weighted by Gasteiger charge is -2.35. The van der Waals surface area contributed by atoms with Crippen LogP contribution in [-0.4, -0.2) is 50.0 Å². The molecule has 0 bridgehead atoms. The van der Waals surface area contributed by atoms with Crippen LogP contribution in [0.5, 0.6) is 0 Å². The number of amides is 2. The number of nitrogens with one attached hydrogen (secondary N) is 1. The van der Waals surface area contributed by atoms with Crippen molar-refractivity contribution in [1.82, 2.24) is 10.2 Å². The van der Waals surface area contributed by atoms with Gasteiger partial charge in [-0.2, -0.15) is 0 Å². The van der Waals surface area contributed by atoms with Crippen LogP contribution in [-0.2, 0) is 32.6 Å². The predicted octanol–water partition coefficient (Wildman–Crippen LogP) is 6.64. The van der Waals surface area contributed by atoms with Crippen molar-refractivity contribution in [2.75, 3.05) is 17.1 Å². The molecule has 230 valence electrons. The Morgan fingerprint density at radius 1 is 0.907 bits per heavy atom. The molecular formula is C31H33Cl3FN3O4S. The van der Waals surface area contributed by atoms with Crippen LogP contribution in [0, 0.1) is 5.82 Å². The number of nitrogens with zero attached hydrogens (tertiary/aromatic N) is 2. The van der Waals surface area contributed by atoms with E-state index >= 15 is 0 Å². The minimum atomic E-state index is -4.06. The molecule has 0 aliphatic heterocycles. The molecule has 3 aromatic carbocycles. The zero-order valence-corrected chi connectivity index (χ0v) is 26.7. The Morgan fingerprint density at radius 3 is 2.16 bits per heavy atom. The molecule has 1 aliphatic carbocycles. The fraction of sp³-hybridized carbons (Fsp3) is 0.355. The maximum absolute atomic E-state index is 14.2. The van der Waals surface area contributed by atoms with Crippen molar-refractivity contribution in [3.8, 4) is 0 Å². The first-order valence-electron chi connectivity index (χ1n) is 13.9. The highest BCUT2D eigenvalue weighted by molar-refractivity contribution is 7.92. The maximum atomic E-state index is 14.2. The molecule has 0 radical (unpaired) electrons. The predicted molar refractivity (Wildman–Crippen MR) is 170 cm³/mol. The normalized spacial score (nSPS) is 14.6. The standard InChI is InChI=1S/C31H33Cl3FN3O4S/c1-43(41,42)38(28-18-26(33)25(32)17-27(28)34)20-30(39)37(19-22-12-14-23(35)15-13-22)29(16-21-8-4-2-5-9-21)31(40)36-24-10-6-3-7-11-24/h2,4-5,8-9,12-15,17-18,24,29H,3,6-7,10-11,16,19-20H2,1H3,(H,36,40). The van der Waals surface area contributed by atoms with Crippen LogP contribution in [0.4, 0.5) is 10.1 Å². The Hall–Kier alpha value is -2.85. The Kier molecular flexibility index (Phi) is 11.3. The van der Waals surface area contributed by atoms with Gasteiger partial charge >= 0.3 is 0 Å². The minimum absolute atomic E-state index is 0.0198. The highest BCUT2D eigenvalue weighted by Gasteiger charge is 2.34. The summed E-state index contributed by atoms with van der Waals surface area (Å²) in [5, 5.41) is 3.29. The van der Waals surface area contributed by atoms with Crippen LogP contribution in [0.2, 0.25) is 15.1 Å². The molecule has 0 heterocycles. The van der Waals surface area contributed by atoms with Gasteiger partial charge in [-0.15, -0.1) is 0 Å². The third-order valence-corrected chi connectivity index (χ3v) is 9.58. The second kappa shape index (κ2) is 14.8. The molecule has 2 amide bonds. The molecule has 0 aromatic heterocycles. The summed E-state index contributed by atoms with van der Waals surface area (Å²) in [6.07, 6.45) is 5.91. The van der Waals surface area contributed by atoms with Crippen molar-refractivity contribution in [3.63, 3.8) is 0 Å². The van der Waals surface area contributed by atoms with Gasteiger partial charge in [0.2, 0.25) is 21.8 Å². The van der Waals surface area contributed by atoms with Gasteiger partial charge in [-0.3, -0.25) is 13.9 Å². The van der Waals surface area contributed by atoms with Crippen LogP contribution in [0.1, 0.15) is 43.2 Å². The van der Waals surface area contributed by atoms with Gasteiger partial charge < -0.3 is 10.2 Å². The zero-order chi connectivity index (χ0) is 31.1. The minimum Gasteiger partial charge on any atom is -0.352 e. The molecule has 3 aromatic rings. The Labute approximate surface area is 267 Å². The number of rotatable bonds is 11. The summed E-state index contributed by atoms with van der Waals surface area (Å²) in [4.78, 5) is 29.5. The van der Waals surface area contributed by atoms with E-state index in [1.165, 1.54) is 41.3 Å². The summed E-state index contributed by atoms with van der Waals surface area (Å²) in [5.41, 5.74) is 1.35. The topological polar surface area (TPSA) is 86.8 Å². The fourth-order valence-electron chi connectivity index (χ4n) is 5.18. The van der Waals surface area contributed by atoms with E-state index < -0.39 is 34.3 Å². The van der Waals surface area contributed by atoms with Gasteiger partial charge in [0.15, 0.2) is 0 Å². The first kappa shape index (κ1) is 33.1. The molecular weight excluding hydrogens is 636 g/mol. The molecule has 1 fully saturated rings. The molecule has 0 saturated heterocycles. The number of benzene rings is 3. The quantitative estimate of drug-likeness (QED) is 0.232. The maximum Gasteiger partial charge on any atom is 0.244 e. The average molecular weight is 669 g/mol. The van der Waals surface area contributed by atoms with E-state index in [0.717, 1.165) is 48.2 Å². The van der Waals surface area contributed by atoms with Crippen molar-refractivity contribution in [2.24, 2.45) is 0 Å². The second-order valence-corrected chi connectivity index (χ2v) is 13.8. The van der Waals surface area contributed by atoms with Crippen LogP contribution in [0.15, 0.2) is 66.7 Å². The SMILES string of the molecule is CS(=O)(=O)N(CC(=O)N(Cc1ccc(F)cc1)C(Cc1ccccc1)C(=O)NC1CCCCC1)c1cc(Cl)c(Cl)cc1Cl. The number of carbonyl (C=O) groups excluding carboxylic acids is 2. The molecule has 1 unspecified atom stereocenters. The first-order chi connectivity index (χ1) is 20.4. The van der Waals surface area contributed by atoms with Crippen LogP contribution in [0.3, 0.4) is 0 Å². The van der Waals surface area contributed by atoms with Gasteiger partial charge in [0, 0.05) is 19.0 Å². The highest BCUT2D eigenvalue weighted by Crippen LogP contribution is 2.35. The molecule has 43 heavy (non-hydrogen) atoms. The molecule has 1 N–H and O–H groups in total. The number of hydrogen-bond donors (Lipinski definition) is 1. The van der Waals surface area contributed by atoms with Crippen molar-refractivity contribution in [3.05, 3.63) is 98.7 Å². The molecule has 0 spiro atoms. The van der Waals surface area contributed by atoms with Crippen molar-refractivity contribution in [1.29, 1.82) is 0 Å². The number of hydrogen-bond acceptors (Lipinski definition) is 4. The Balaban J connectivity index is 1.74. The van der Waals surface area contributed by atoms with E-state index in [9.17, 15) is 22.4 Å². The summed E-state index contributed by atoms with van der Waals surface area (Å²) in [7, 11) is -4.06. The average Bonchev–Trinajstić information content (AvgIpc) is 2.97. The van der Waals surface area contributed by atoms with E-state index in [1.807, 2.05) is 30.3 Å². The lowest BCUT2D eigenvalue weighted by molar-refractivity contribution is -0.140. The third kappa shape index (κ3) is 9.08. The van der Waals surface area contributed by atoms with Crippen LogP contribution < -0.4 is 9.62 Å². The monoisotopic (exact) mass is 667 g/mol. The van der Waals surface area contributed by atoms with E-state index in [0.29, 0.717) is 5.56 Å². The molecule has 1 aliphatic rings. The largest absolute Gasteiger partial charge is 0.352 e. The Morgan fingerprint density at radius 2 is 1.53 bits per heavy atom. The fourth-order valence-corrected chi connectivity index (χ4v) is 6.73. The van der Waals surface area contributed by atoms with Crippen molar-refractivity contribution >= 4 is 62.3 Å². The lowest BCUT2D eigenvalue weighted by atomic mass is 9.94. The van der Waals surface area contributed by atoms with Gasteiger partial charge in [0.25, 0.3) is 0 Å². The van der Waals surface area contributed by atoms with E-state index in [1.54, 1.807) is 0 Å². The second-order valence-electron chi connectivity index (χ2n) is 10.7. The lowest BCUT2D eigenvalue weighted by Crippen LogP contribution is -2.55. The first-order valence-corrected chi connectivity index (χ1v) is 16.9. The number of sulfonamides is 1. The molecule has 1 saturated carbocycles. The summed E-state index contributed by atoms with van der Waals surface area (Å²) in [6.45, 7) is -0.735. The van der Waals surface area contributed by atoms with Crippen molar-refractivity contribution < 1.29 is 22.4 Å². The van der Waals surface area contributed by atoms with Gasteiger partial charge in [-0.05, 0) is 48.2 Å². The summed E-state index contributed by atoms with van der Waals surface area (Å²) in [5.74, 6) is -1.45. The van der Waals surface area contributed by atoms with E-state index in [4.69, 9.17) is 34.8 Å². The summed E-state index contributed by atoms with van der Waals surface area (Å²) in [6, 6.07) is 16.4. The van der Waals surface area contributed by atoms with Gasteiger partial charge in [0.05, 0.1) is 27.0 Å². The van der Waals surface area contributed by atoms with Crippen LogP contribution >= 0.6 is 34.8 Å². The van der Waals surface area contributed by atoms with Crippen molar-refractivity contribution in [2.45, 2.75) is 57.2 Å². The highest BCUT2D eigenvalue weighted by atomic mass is 35.5. The summed E-state index contributed by atoms with van der Waals surface area (Å²) >= 11 is 18.6. The summed E-state index contributed by atoms with van der Waals surface area (Å²) < 4.78 is 40.6. The van der Waals surface area contributed by atoms with E-state index in [-0.39, 0.29) is 45.7 Å².